The van der Waals surface area contributed by atoms with Gasteiger partial charge >= 0.3 is 0 Å². The molecule has 1 aromatic heterocycles. The minimum atomic E-state index is -0.181. The number of nitrogens with zero attached hydrogens (tertiary/aromatic N) is 2. The van der Waals surface area contributed by atoms with E-state index in [1.165, 1.54) is 10.4 Å². The highest BCUT2D eigenvalue weighted by molar-refractivity contribution is 7.13. The summed E-state index contributed by atoms with van der Waals surface area (Å²) in [7, 11) is 3.38. The van der Waals surface area contributed by atoms with Crippen molar-refractivity contribution in [3.63, 3.8) is 0 Å². The fraction of sp³-hybridized carbons (Fsp3) is 0.250. The van der Waals surface area contributed by atoms with Crippen LogP contribution in [0.25, 0.3) is 21.7 Å². The number of aryl methyl sites for hydroxylation is 1. The van der Waals surface area contributed by atoms with Crippen LogP contribution in [0.5, 0.6) is 11.5 Å². The monoisotopic (exact) mass is 458 g/mol. The number of hydrogen-bond donors (Lipinski definition) is 0. The predicted octanol–water partition coefficient (Wildman–Crippen LogP) is 7.20. The molecule has 0 spiro atoms. The summed E-state index contributed by atoms with van der Waals surface area (Å²) >= 11 is 1.71. The average molecular weight is 459 g/mol. The van der Waals surface area contributed by atoms with Gasteiger partial charge in [-0.15, -0.1) is 0 Å². The molecule has 0 saturated carbocycles. The number of thiazole rings is 1. The van der Waals surface area contributed by atoms with Gasteiger partial charge in [0.15, 0.2) is 4.80 Å². The fourth-order valence-corrected chi connectivity index (χ4v) is 5.10. The molecular formula is C28H30N2O2S. The summed E-state index contributed by atoms with van der Waals surface area (Å²) in [5.41, 5.74) is 5.39. The van der Waals surface area contributed by atoms with E-state index in [9.17, 15) is 0 Å². The van der Waals surface area contributed by atoms with Gasteiger partial charge in [0.1, 0.15) is 11.5 Å². The lowest BCUT2D eigenvalue weighted by Crippen LogP contribution is -2.31. The van der Waals surface area contributed by atoms with Crippen LogP contribution in [0.2, 0.25) is 0 Å². The molecule has 170 valence electrons. The summed E-state index contributed by atoms with van der Waals surface area (Å²) in [5.74, 6) is 1.68. The van der Waals surface area contributed by atoms with Gasteiger partial charge in [0, 0.05) is 5.54 Å². The topological polar surface area (TPSA) is 35.8 Å². The number of benzene rings is 3. The van der Waals surface area contributed by atoms with Crippen LogP contribution < -0.4 is 14.3 Å². The van der Waals surface area contributed by atoms with Gasteiger partial charge in [-0.05, 0) is 99.5 Å². The first-order chi connectivity index (χ1) is 15.8. The van der Waals surface area contributed by atoms with Gasteiger partial charge in [-0.3, -0.25) is 0 Å². The molecule has 0 unspecified atom stereocenters. The molecular weight excluding hydrogens is 428 g/mol. The number of rotatable bonds is 5. The quantitative estimate of drug-likeness (QED) is 0.317. The van der Waals surface area contributed by atoms with E-state index < -0.39 is 0 Å². The van der Waals surface area contributed by atoms with Gasteiger partial charge in [0.2, 0.25) is 0 Å². The molecule has 0 radical (unpaired) electrons. The van der Waals surface area contributed by atoms with E-state index in [1.54, 1.807) is 25.6 Å². The lowest BCUT2D eigenvalue weighted by molar-refractivity contribution is 0.392. The van der Waals surface area contributed by atoms with E-state index in [1.807, 2.05) is 24.3 Å². The summed E-state index contributed by atoms with van der Waals surface area (Å²) in [6.45, 7) is 8.75. The van der Waals surface area contributed by atoms with E-state index >= 15 is 0 Å². The first-order valence-electron chi connectivity index (χ1n) is 11.0. The summed E-state index contributed by atoms with van der Waals surface area (Å²) in [6, 6.07) is 24.8. The first kappa shape index (κ1) is 22.9. The fourth-order valence-electron chi connectivity index (χ4n) is 3.75. The standard InChI is InChI=1S/C28H30N2O2S/c1-19-7-13-22(14-8-19)29-27-30(28(2,3)4)25(20-9-15-23(31-5)16-10-20)26(33-27)21-11-17-24(32-6)18-12-21/h7-18H,1-6H3. The lowest BCUT2D eigenvalue weighted by atomic mass is 10.0. The van der Waals surface area contributed by atoms with Gasteiger partial charge in [-0.2, -0.15) is 0 Å². The van der Waals surface area contributed by atoms with Crippen LogP contribution in [-0.4, -0.2) is 18.8 Å². The zero-order valence-electron chi connectivity index (χ0n) is 20.0. The van der Waals surface area contributed by atoms with Crippen LogP contribution in [-0.2, 0) is 5.54 Å². The smallest absolute Gasteiger partial charge is 0.191 e. The summed E-state index contributed by atoms with van der Waals surface area (Å²) < 4.78 is 13.1. The molecule has 0 aliphatic rings. The van der Waals surface area contributed by atoms with E-state index in [-0.39, 0.29) is 5.54 Å². The van der Waals surface area contributed by atoms with E-state index in [4.69, 9.17) is 14.5 Å². The number of ether oxygens (including phenoxy) is 2. The Labute approximate surface area is 199 Å². The Hall–Kier alpha value is -3.31. The van der Waals surface area contributed by atoms with Crippen molar-refractivity contribution >= 4 is 17.0 Å². The van der Waals surface area contributed by atoms with Gasteiger partial charge in [-0.1, -0.05) is 29.0 Å². The minimum absolute atomic E-state index is 0.181. The number of methoxy groups -OCH3 is 2. The zero-order chi connectivity index (χ0) is 23.6. The van der Waals surface area contributed by atoms with Gasteiger partial charge in [0.05, 0.1) is 30.5 Å². The van der Waals surface area contributed by atoms with Crippen molar-refractivity contribution < 1.29 is 9.47 Å². The Bertz CT molecular complexity index is 1290. The summed E-state index contributed by atoms with van der Waals surface area (Å²) in [6.07, 6.45) is 0. The van der Waals surface area contributed by atoms with Crippen molar-refractivity contribution in [1.29, 1.82) is 0 Å². The molecule has 4 aromatic rings. The van der Waals surface area contributed by atoms with Crippen molar-refractivity contribution in [2.24, 2.45) is 4.99 Å². The minimum Gasteiger partial charge on any atom is -0.497 e. The van der Waals surface area contributed by atoms with Crippen molar-refractivity contribution in [2.45, 2.75) is 33.2 Å². The molecule has 0 aliphatic carbocycles. The Morgan fingerprint density at radius 1 is 0.727 bits per heavy atom. The van der Waals surface area contributed by atoms with Crippen molar-refractivity contribution in [3.8, 4) is 33.2 Å². The van der Waals surface area contributed by atoms with E-state index in [0.29, 0.717) is 0 Å². The number of aromatic nitrogens is 1. The third-order valence-corrected chi connectivity index (χ3v) is 6.56. The normalized spacial score (nSPS) is 12.1. The van der Waals surface area contributed by atoms with Crippen LogP contribution in [0.3, 0.4) is 0 Å². The molecule has 4 rings (SSSR count). The van der Waals surface area contributed by atoms with E-state index in [2.05, 4.69) is 80.8 Å². The van der Waals surface area contributed by atoms with Crippen LogP contribution in [0.4, 0.5) is 5.69 Å². The van der Waals surface area contributed by atoms with Gasteiger partial charge in [-0.25, -0.2) is 4.99 Å². The van der Waals surface area contributed by atoms with E-state index in [0.717, 1.165) is 38.8 Å². The maximum Gasteiger partial charge on any atom is 0.191 e. The van der Waals surface area contributed by atoms with Gasteiger partial charge in [0.25, 0.3) is 0 Å². The van der Waals surface area contributed by atoms with Crippen LogP contribution in [0, 0.1) is 6.92 Å². The highest BCUT2D eigenvalue weighted by Crippen LogP contribution is 2.39. The Morgan fingerprint density at radius 3 is 1.73 bits per heavy atom. The second kappa shape index (κ2) is 9.28. The maximum atomic E-state index is 5.40. The van der Waals surface area contributed by atoms with Gasteiger partial charge < -0.3 is 14.0 Å². The van der Waals surface area contributed by atoms with Crippen LogP contribution in [0.1, 0.15) is 26.3 Å². The largest absolute Gasteiger partial charge is 0.497 e. The van der Waals surface area contributed by atoms with Crippen molar-refractivity contribution in [1.82, 2.24) is 4.57 Å². The molecule has 3 aromatic carbocycles. The Balaban J connectivity index is 2.03. The second-order valence-corrected chi connectivity index (χ2v) is 9.95. The Kier molecular flexibility index (Phi) is 6.43. The molecule has 1 heterocycles. The first-order valence-corrected chi connectivity index (χ1v) is 11.8. The molecule has 0 aliphatic heterocycles. The second-order valence-electron chi connectivity index (χ2n) is 8.97. The molecule has 0 N–H and O–H groups in total. The molecule has 0 bridgehead atoms. The molecule has 0 fully saturated rings. The summed E-state index contributed by atoms with van der Waals surface area (Å²) in [4.78, 5) is 7.21. The maximum absolute atomic E-state index is 5.40. The molecule has 0 atom stereocenters. The SMILES string of the molecule is COc1ccc(-c2sc(=Nc3ccc(C)cc3)n(C(C)(C)C)c2-c2ccc(OC)cc2)cc1. The predicted molar refractivity (Wildman–Crippen MR) is 138 cm³/mol. The molecule has 0 amide bonds. The Morgan fingerprint density at radius 2 is 1.24 bits per heavy atom. The van der Waals surface area contributed by atoms with Crippen LogP contribution >= 0.6 is 11.3 Å². The molecule has 0 saturated heterocycles. The molecule has 4 nitrogen and oxygen atoms in total. The van der Waals surface area contributed by atoms with Crippen molar-refractivity contribution in [3.05, 3.63) is 83.2 Å². The highest BCUT2D eigenvalue weighted by atomic mass is 32.1. The zero-order valence-corrected chi connectivity index (χ0v) is 20.9. The van der Waals surface area contributed by atoms with Crippen molar-refractivity contribution in [2.75, 3.05) is 14.2 Å². The number of hydrogen-bond acceptors (Lipinski definition) is 4. The molecule has 5 heteroatoms. The third kappa shape index (κ3) is 4.88. The lowest BCUT2D eigenvalue weighted by Gasteiger charge is -2.25. The van der Waals surface area contributed by atoms with Crippen LogP contribution in [0.15, 0.2) is 77.8 Å². The third-order valence-electron chi connectivity index (χ3n) is 5.47. The molecule has 33 heavy (non-hydrogen) atoms. The summed E-state index contributed by atoms with van der Waals surface area (Å²) in [5, 5.41) is 0. The average Bonchev–Trinajstić information content (AvgIpc) is 3.20. The highest BCUT2D eigenvalue weighted by Gasteiger charge is 2.25.